The van der Waals surface area contributed by atoms with E-state index in [0.717, 1.165) is 0 Å². The molecule has 0 saturated heterocycles. The second kappa shape index (κ2) is 14.6. The Hall–Kier alpha value is -5.80. The molecule has 0 aromatic heterocycles. The van der Waals surface area contributed by atoms with Gasteiger partial charge in [-0.15, -0.1) is 0 Å². The molecule has 0 bridgehead atoms. The summed E-state index contributed by atoms with van der Waals surface area (Å²) < 4.78 is 0. The lowest BCUT2D eigenvalue weighted by Crippen LogP contribution is -2.62. The fraction of sp³-hybridized carbons (Fsp3) is 0.333. The summed E-state index contributed by atoms with van der Waals surface area (Å²) in [5, 5.41) is 0. The second-order valence-electron chi connectivity index (χ2n) is 24.0. The predicted octanol–water partition coefficient (Wildman–Crippen LogP) is 15.4. The molecule has 4 aliphatic rings. The molecular weight excluding hydrogens is 796 g/mol. The molecule has 2 aliphatic carbocycles. The first-order valence-corrected chi connectivity index (χ1v) is 24.7. The number of hydrogen-bond acceptors (Lipinski definition) is 2. The minimum Gasteiger partial charge on any atom is -0.311 e. The summed E-state index contributed by atoms with van der Waals surface area (Å²) >= 11 is 0. The van der Waals surface area contributed by atoms with Crippen LogP contribution in [0.25, 0.3) is 22.3 Å². The van der Waals surface area contributed by atoms with Gasteiger partial charge in [0.15, 0.2) is 0 Å². The van der Waals surface area contributed by atoms with Gasteiger partial charge in [-0.05, 0) is 175 Å². The van der Waals surface area contributed by atoms with E-state index < -0.39 is 0 Å². The predicted molar refractivity (Wildman–Crippen MR) is 285 cm³/mol. The molecule has 66 heavy (non-hydrogen) atoms. The van der Waals surface area contributed by atoms with Crippen molar-refractivity contribution in [3.05, 3.63) is 173 Å². The first kappa shape index (κ1) is 42.8. The molecule has 2 aliphatic heterocycles. The van der Waals surface area contributed by atoms with Gasteiger partial charge < -0.3 is 9.80 Å². The Labute approximate surface area is 396 Å². The highest BCUT2D eigenvalue weighted by atomic mass is 15.2. The van der Waals surface area contributed by atoms with Gasteiger partial charge in [0.2, 0.25) is 0 Å². The largest absolute Gasteiger partial charge is 0.311 e. The zero-order valence-corrected chi connectivity index (χ0v) is 41.6. The maximum Gasteiger partial charge on any atom is 0.252 e. The minimum absolute atomic E-state index is 0.00953. The number of fused-ring (bicyclic) bond motifs is 6. The van der Waals surface area contributed by atoms with Crippen LogP contribution in [-0.4, -0.2) is 6.71 Å². The van der Waals surface area contributed by atoms with Crippen LogP contribution in [0.3, 0.4) is 0 Å². The zero-order chi connectivity index (χ0) is 46.3. The summed E-state index contributed by atoms with van der Waals surface area (Å²) in [5.74, 6) is 0. The van der Waals surface area contributed by atoms with Crippen molar-refractivity contribution in [2.24, 2.45) is 0 Å². The van der Waals surface area contributed by atoms with E-state index in [0.29, 0.717) is 0 Å². The van der Waals surface area contributed by atoms with Crippen LogP contribution in [0.15, 0.2) is 140 Å². The lowest BCUT2D eigenvalue weighted by atomic mass is 9.33. The number of hydrogen-bond donors (Lipinski definition) is 0. The number of anilines is 6. The molecule has 2 heterocycles. The number of benzene rings is 7. The van der Waals surface area contributed by atoms with Crippen LogP contribution >= 0.6 is 0 Å². The molecule has 2 nitrogen and oxygen atoms in total. The van der Waals surface area contributed by atoms with E-state index in [1.54, 1.807) is 0 Å². The first-order valence-electron chi connectivity index (χ1n) is 24.7. The van der Waals surface area contributed by atoms with Gasteiger partial charge in [-0.2, -0.15) is 0 Å². The quantitative estimate of drug-likeness (QED) is 0.163. The van der Waals surface area contributed by atoms with Crippen molar-refractivity contribution in [2.75, 3.05) is 9.80 Å². The number of aryl methyl sites for hydroxylation is 1. The van der Waals surface area contributed by atoms with Crippen LogP contribution in [0.1, 0.15) is 135 Å². The van der Waals surface area contributed by atoms with Crippen molar-refractivity contribution in [1.29, 1.82) is 0 Å². The average Bonchev–Trinajstić information content (AvgIpc) is 3.29. The van der Waals surface area contributed by atoms with Gasteiger partial charge in [0.1, 0.15) is 0 Å². The molecule has 0 spiro atoms. The van der Waals surface area contributed by atoms with E-state index in [-0.39, 0.29) is 33.8 Å². The first-order chi connectivity index (χ1) is 31.2. The fourth-order valence-corrected chi connectivity index (χ4v) is 12.3. The van der Waals surface area contributed by atoms with E-state index >= 15 is 0 Å². The Bertz CT molecular complexity index is 3090. The second-order valence-corrected chi connectivity index (χ2v) is 24.0. The Morgan fingerprint density at radius 2 is 0.955 bits per heavy atom. The Morgan fingerprint density at radius 1 is 0.424 bits per heavy atom. The van der Waals surface area contributed by atoms with Gasteiger partial charge in [-0.3, -0.25) is 0 Å². The van der Waals surface area contributed by atoms with Gasteiger partial charge >= 0.3 is 0 Å². The van der Waals surface area contributed by atoms with Gasteiger partial charge in [0, 0.05) is 34.0 Å². The molecule has 3 heteroatoms. The smallest absolute Gasteiger partial charge is 0.252 e. The van der Waals surface area contributed by atoms with E-state index in [4.69, 9.17) is 0 Å². The number of nitrogens with zero attached hydrogens (tertiary/aromatic N) is 2. The summed E-state index contributed by atoms with van der Waals surface area (Å²) in [5.41, 5.74) is 25.6. The highest BCUT2D eigenvalue weighted by Gasteiger charge is 2.47. The highest BCUT2D eigenvalue weighted by Crippen LogP contribution is 2.53. The third-order valence-electron chi connectivity index (χ3n) is 16.6. The van der Waals surface area contributed by atoms with Crippen molar-refractivity contribution in [3.63, 3.8) is 0 Å². The van der Waals surface area contributed by atoms with Gasteiger partial charge in [0.05, 0.1) is 5.69 Å². The minimum atomic E-state index is -0.00953. The maximum absolute atomic E-state index is 2.69. The lowest BCUT2D eigenvalue weighted by Gasteiger charge is -2.48. The topological polar surface area (TPSA) is 6.48 Å². The standard InChI is InChI=1S/C63H67BN2/c1-40-33-56-58-57(34-40)66(53-28-24-44(59(2,3)4)36-46(53)42-21-17-14-18-22-42)54-27-23-43(41-19-15-13-16-20-41)35-51(54)64(58)52-38-49-50(63(11,12)32-31-62(49,9)10)39-55(52)65(56)45-25-26-47-48(37-45)61(7,8)30-29-60(47,5)6/h13-28,33-39H,29-32H2,1-12H3. The molecule has 0 saturated carbocycles. The van der Waals surface area contributed by atoms with Crippen LogP contribution < -0.4 is 26.2 Å². The summed E-state index contributed by atoms with van der Waals surface area (Å²) in [6.07, 6.45) is 4.73. The molecular formula is C63H67BN2. The van der Waals surface area contributed by atoms with Gasteiger partial charge in [0.25, 0.3) is 6.71 Å². The molecule has 0 radical (unpaired) electrons. The molecule has 0 fully saturated rings. The lowest BCUT2D eigenvalue weighted by molar-refractivity contribution is 0.332. The Kier molecular flexibility index (Phi) is 9.47. The van der Waals surface area contributed by atoms with Crippen LogP contribution in [-0.2, 0) is 27.1 Å². The summed E-state index contributed by atoms with van der Waals surface area (Å²) in [4.78, 5) is 5.33. The van der Waals surface area contributed by atoms with Crippen molar-refractivity contribution >= 4 is 57.2 Å². The molecule has 332 valence electrons. The summed E-state index contributed by atoms with van der Waals surface area (Å²) in [6.45, 7) is 29.1. The van der Waals surface area contributed by atoms with E-state index in [1.165, 1.54) is 132 Å². The summed E-state index contributed by atoms with van der Waals surface area (Å²) in [6, 6.07) is 54.5. The maximum atomic E-state index is 2.69. The van der Waals surface area contributed by atoms with Crippen LogP contribution in [0.5, 0.6) is 0 Å². The molecule has 7 aromatic rings. The zero-order valence-electron chi connectivity index (χ0n) is 41.6. The average molecular weight is 863 g/mol. The van der Waals surface area contributed by atoms with Crippen molar-refractivity contribution in [2.45, 2.75) is 136 Å². The fourth-order valence-electron chi connectivity index (χ4n) is 12.3. The third kappa shape index (κ3) is 6.65. The monoisotopic (exact) mass is 863 g/mol. The summed E-state index contributed by atoms with van der Waals surface area (Å²) in [7, 11) is 0. The molecule has 0 atom stereocenters. The number of rotatable bonds is 4. The van der Waals surface area contributed by atoms with Crippen LogP contribution in [0.2, 0.25) is 0 Å². The Balaban J connectivity index is 1.27. The molecule has 7 aromatic carbocycles. The van der Waals surface area contributed by atoms with E-state index in [9.17, 15) is 0 Å². The molecule has 0 amide bonds. The normalized spacial score (nSPS) is 18.2. The highest BCUT2D eigenvalue weighted by molar-refractivity contribution is 7.00. The Morgan fingerprint density at radius 3 is 1.58 bits per heavy atom. The van der Waals surface area contributed by atoms with Crippen molar-refractivity contribution in [3.8, 4) is 22.3 Å². The van der Waals surface area contributed by atoms with Crippen LogP contribution in [0.4, 0.5) is 34.1 Å². The van der Waals surface area contributed by atoms with Crippen molar-refractivity contribution < 1.29 is 0 Å². The van der Waals surface area contributed by atoms with Crippen LogP contribution in [0, 0.1) is 6.92 Å². The van der Waals surface area contributed by atoms with E-state index in [2.05, 4.69) is 232 Å². The molecule has 0 N–H and O–H groups in total. The van der Waals surface area contributed by atoms with E-state index in [1.807, 2.05) is 0 Å². The van der Waals surface area contributed by atoms with Gasteiger partial charge in [-0.1, -0.05) is 167 Å². The SMILES string of the molecule is Cc1cc2c3c(c1)N(c1ccc(C(C)(C)C)cc1-c1ccccc1)c1ccc(-c4ccccc4)cc1B3c1cc3c(cc1N2c1ccc2c(c1)C(C)(C)CCC2(C)C)C(C)(C)CCC3(C)C. The van der Waals surface area contributed by atoms with Crippen molar-refractivity contribution in [1.82, 2.24) is 0 Å². The van der Waals surface area contributed by atoms with Gasteiger partial charge in [-0.25, -0.2) is 0 Å². The third-order valence-corrected chi connectivity index (χ3v) is 16.6. The molecule has 11 rings (SSSR count). The molecule has 0 unspecified atom stereocenters.